The van der Waals surface area contributed by atoms with Crippen molar-refractivity contribution in [2.45, 2.75) is 149 Å². The molecule has 0 unspecified atom stereocenters. The maximum absolute atomic E-state index is 8.64. The van der Waals surface area contributed by atoms with Crippen LogP contribution in [0.15, 0.2) is 176 Å². The van der Waals surface area contributed by atoms with Crippen molar-refractivity contribution in [2.75, 3.05) is 0 Å². The molecule has 0 fully saturated rings. The summed E-state index contributed by atoms with van der Waals surface area (Å²) < 4.78 is 194. The molecule has 4 aromatic carbocycles. The Kier molecular flexibility index (Phi) is 13.0. The molecule has 0 radical (unpaired) electrons. The van der Waals surface area contributed by atoms with E-state index in [1.54, 1.807) is 47.5 Å². The van der Waals surface area contributed by atoms with E-state index in [0.29, 0.717) is 64.2 Å². The van der Waals surface area contributed by atoms with Crippen molar-refractivity contribution in [3.8, 4) is 45.0 Å². The molecular weight excluding hydrogens is 1280 g/mol. The van der Waals surface area contributed by atoms with E-state index in [0.717, 1.165) is 139 Å². The first-order chi connectivity index (χ1) is 57.8. The first-order valence-electron chi connectivity index (χ1n) is 45.1. The summed E-state index contributed by atoms with van der Waals surface area (Å²) in [5, 5.41) is 7.80. The topological polar surface area (TPSA) is 120 Å². The SMILES string of the molecule is Cc1c[n+](C)c(-c2c(C)ccc3c2oc2ncccc23)cc1CC(C)C.[2H]C([2H])([2H])C([2H])(C([2H])([2H])[2H])C([2H])([2H])c1c[n+]2c(cc1C)-c1c(ccc3c1oc1nc(C)ccc13)C2.[2H]C([2H])([2H])C([2H])(C([2H])([2H])[2H])C([2H])([2H])c1c[n+]2c(cc1C)-c1c(ccc3c1oc1ncccc13)C2.[2H]C([2H])(c1c[n+](C)c(-c2c(C)ccc3c2oc2nc(C)ccc23)cc1C)C(C)C. The third kappa shape index (κ3) is 12.8. The average molecular weight is 1400 g/mol. The monoisotopic (exact) mass is 1400 g/mol. The minimum Gasteiger partial charge on any atom is -0.437 e. The molecule has 14 heterocycles. The van der Waals surface area contributed by atoms with Gasteiger partial charge in [0.15, 0.2) is 60.2 Å². The van der Waals surface area contributed by atoms with Gasteiger partial charge in [-0.2, -0.15) is 9.13 Å². The molecular formula is C92H96N8O4+4. The number of rotatable bonds is 10. The fourth-order valence-corrected chi connectivity index (χ4v) is 14.9. The molecule has 104 heavy (non-hydrogen) atoms. The highest BCUT2D eigenvalue weighted by Crippen LogP contribution is 2.43. The molecule has 12 aromatic heterocycles. The molecule has 2 aliphatic heterocycles. The lowest BCUT2D eigenvalue weighted by molar-refractivity contribution is -0.672. The van der Waals surface area contributed by atoms with Gasteiger partial charge in [0, 0.05) is 152 Å². The van der Waals surface area contributed by atoms with Gasteiger partial charge in [-0.1, -0.05) is 91.5 Å². The van der Waals surface area contributed by atoms with Gasteiger partial charge in [-0.05, 0) is 199 Å². The lowest BCUT2D eigenvalue weighted by Crippen LogP contribution is -2.33. The Bertz CT molecular complexity index is 7000. The highest BCUT2D eigenvalue weighted by Gasteiger charge is 2.34. The Balaban J connectivity index is 0.000000129. The van der Waals surface area contributed by atoms with Crippen molar-refractivity contribution >= 4 is 88.3 Å². The van der Waals surface area contributed by atoms with Crippen LogP contribution < -0.4 is 18.3 Å². The van der Waals surface area contributed by atoms with Crippen LogP contribution in [0.1, 0.15) is 161 Å². The molecule has 0 spiro atoms. The number of furan rings is 4. The number of hydrogen-bond donors (Lipinski definition) is 0. The highest BCUT2D eigenvalue weighted by molar-refractivity contribution is 6.12. The highest BCUT2D eigenvalue weighted by atomic mass is 16.4. The van der Waals surface area contributed by atoms with E-state index in [-0.39, 0.29) is 17.0 Å². The number of fused-ring (bicyclic) bond motifs is 20. The van der Waals surface area contributed by atoms with Crippen LogP contribution in [0.5, 0.6) is 0 Å². The smallest absolute Gasteiger partial charge is 0.227 e. The van der Waals surface area contributed by atoms with E-state index in [1.165, 1.54) is 34.8 Å². The molecule has 0 saturated carbocycles. The van der Waals surface area contributed by atoms with Crippen molar-refractivity contribution in [1.29, 1.82) is 0 Å². The molecule has 0 bridgehead atoms. The normalized spacial score (nSPS) is 16.3. The van der Waals surface area contributed by atoms with Crippen LogP contribution in [0.25, 0.3) is 133 Å². The molecule has 0 saturated heterocycles. The van der Waals surface area contributed by atoms with E-state index < -0.39 is 58.3 Å². The summed E-state index contributed by atoms with van der Waals surface area (Å²) in [5.41, 5.74) is 23.7. The largest absolute Gasteiger partial charge is 0.437 e. The lowest BCUT2D eigenvalue weighted by atomic mass is 9.95. The van der Waals surface area contributed by atoms with Gasteiger partial charge in [-0.25, -0.2) is 29.1 Å². The number of nitrogens with zero attached hydrogens (tertiary/aromatic N) is 8. The van der Waals surface area contributed by atoms with Gasteiger partial charge in [0.2, 0.25) is 45.6 Å². The second-order valence-corrected chi connectivity index (χ2v) is 28.5. The van der Waals surface area contributed by atoms with Crippen molar-refractivity contribution in [2.24, 2.45) is 37.7 Å². The van der Waals surface area contributed by atoms with Crippen molar-refractivity contribution in [3.05, 3.63) is 237 Å². The van der Waals surface area contributed by atoms with Gasteiger partial charge < -0.3 is 17.7 Å². The van der Waals surface area contributed by atoms with Crippen molar-refractivity contribution in [3.63, 3.8) is 0 Å². The summed E-state index contributed by atoms with van der Waals surface area (Å²) in [6.07, 6.45) is 4.14. The second-order valence-electron chi connectivity index (χ2n) is 28.5. The lowest BCUT2D eigenvalue weighted by Gasteiger charge is -2.11. The number of aromatic nitrogens is 8. The molecule has 0 amide bonds. The minimum absolute atomic E-state index is 0.109. The Labute approximate surface area is 637 Å². The van der Waals surface area contributed by atoms with Crippen LogP contribution in [0.4, 0.5) is 0 Å². The maximum atomic E-state index is 8.64. The van der Waals surface area contributed by atoms with Crippen molar-refractivity contribution < 1.29 is 63.4 Å². The quantitative estimate of drug-likeness (QED) is 0.124. The van der Waals surface area contributed by atoms with Crippen LogP contribution in [-0.2, 0) is 52.7 Å². The van der Waals surface area contributed by atoms with Crippen molar-refractivity contribution in [1.82, 2.24) is 19.9 Å². The number of hydrogen-bond acceptors (Lipinski definition) is 8. The van der Waals surface area contributed by atoms with E-state index in [1.807, 2.05) is 113 Å². The molecule has 12 heteroatoms. The third-order valence-electron chi connectivity index (χ3n) is 19.8. The molecule has 524 valence electrons. The van der Waals surface area contributed by atoms with Crippen LogP contribution in [0.3, 0.4) is 0 Å². The van der Waals surface area contributed by atoms with E-state index in [9.17, 15) is 0 Å². The summed E-state index contributed by atoms with van der Waals surface area (Å²) in [7, 11) is 4.08. The molecule has 0 atom stereocenters. The van der Waals surface area contributed by atoms with Crippen LogP contribution in [0, 0.1) is 79.0 Å². The molecule has 2 aliphatic rings. The molecule has 16 aromatic rings. The minimum atomic E-state index is -3.40. The van der Waals surface area contributed by atoms with Gasteiger partial charge >= 0.3 is 0 Å². The average Bonchev–Trinajstić information content (AvgIpc) is 1.44. The zero-order valence-corrected chi connectivity index (χ0v) is 61.0. The summed E-state index contributed by atoms with van der Waals surface area (Å²) in [6.45, 7) is 10.9. The predicted octanol–water partition coefficient (Wildman–Crippen LogP) is 20.8. The summed E-state index contributed by atoms with van der Waals surface area (Å²) in [5.74, 6) is -6.22. The summed E-state index contributed by atoms with van der Waals surface area (Å²) >= 11 is 0. The summed E-state index contributed by atoms with van der Waals surface area (Å²) in [6, 6.07) is 39.9. The van der Waals surface area contributed by atoms with Crippen LogP contribution >= 0.6 is 0 Å². The molecule has 18 rings (SSSR count). The Hall–Kier alpha value is -10.7. The van der Waals surface area contributed by atoms with E-state index in [4.69, 9.17) is 45.1 Å². The molecule has 0 N–H and O–H groups in total. The van der Waals surface area contributed by atoms with Gasteiger partial charge in [-0.3, -0.25) is 0 Å². The molecule has 0 aliphatic carbocycles. The van der Waals surface area contributed by atoms with Gasteiger partial charge in [0.05, 0.1) is 22.3 Å². The Morgan fingerprint density at radius 3 is 1.24 bits per heavy atom. The first-order valence-corrected chi connectivity index (χ1v) is 35.1. The first kappa shape index (κ1) is 49.0. The Morgan fingerprint density at radius 1 is 0.394 bits per heavy atom. The van der Waals surface area contributed by atoms with Gasteiger partial charge in [0.25, 0.3) is 0 Å². The zero-order chi connectivity index (χ0) is 90.1. The van der Waals surface area contributed by atoms with Crippen LogP contribution in [-0.4, -0.2) is 19.9 Å². The van der Waals surface area contributed by atoms with Gasteiger partial charge in [0.1, 0.15) is 14.1 Å². The second kappa shape index (κ2) is 27.5. The number of pyridine rings is 8. The van der Waals surface area contributed by atoms with E-state index in [2.05, 4.69) is 121 Å². The van der Waals surface area contributed by atoms with Gasteiger partial charge in [-0.15, -0.1) is 0 Å². The summed E-state index contributed by atoms with van der Waals surface area (Å²) in [4.78, 5) is 17.7. The maximum Gasteiger partial charge on any atom is 0.227 e. The van der Waals surface area contributed by atoms with Crippen LogP contribution in [0.2, 0.25) is 0 Å². The number of aryl methyl sites for hydroxylation is 10. The van der Waals surface area contributed by atoms with E-state index >= 15 is 0 Å². The fourth-order valence-electron chi connectivity index (χ4n) is 14.9. The fraction of sp³-hybridized carbons (Fsp3) is 0.304. The molecule has 12 nitrogen and oxygen atoms in total. The standard InChI is InChI=1S/C24H27N2O.C23H23N2O.C23H25N2O.C22H21N2O/c1-14(2)11-18-13-26(6)21(12-16(18)4)22-15(3)7-9-19-20-10-8-17(5)25-24(20)27-23(19)22;1-13(2)9-17-12-25-11-16-6-8-18-19-7-5-15(4)24-23(19)26-22(18)21(16)20(25)10-14(17)3;1-14(2)11-17-12-20(25(5)13-16(17)4)21-15(3)8-9-18-19-7-6-10-24-23(19)26-22(18)21;1-13(2)9-16-12-24-11-15-6-7-17-18-5-4-8-23-22(18)25-21(17)20(15)19(24)10-14(16)3/h7-10,12-14H,11H2,1-6H3;5-8,10,12-13H,9,11H2,1-4H3;6-10,12-14H,11H2,1-5H3;4-8,10,12-13H,9,11H2,1-3H3/q4*+1/i11D2;1D3,2D3,9D2,13D;;1D3,2D3,9D2,13D. The predicted molar refractivity (Wildman–Crippen MR) is 421 cm³/mol. The number of benzene rings is 4. The third-order valence-corrected chi connectivity index (χ3v) is 19.8. The Morgan fingerprint density at radius 2 is 0.788 bits per heavy atom. The zero-order valence-electron chi connectivity index (χ0n) is 81.0.